The van der Waals surface area contributed by atoms with E-state index in [1.807, 2.05) is 60.0 Å². The maximum Gasteiger partial charge on any atom is 0.230 e. The van der Waals surface area contributed by atoms with Crippen LogP contribution in [0.25, 0.3) is 11.5 Å². The number of rotatable bonds is 8. The van der Waals surface area contributed by atoms with E-state index in [1.165, 1.54) is 11.8 Å². The quantitative estimate of drug-likeness (QED) is 0.479. The van der Waals surface area contributed by atoms with E-state index >= 15 is 0 Å². The van der Waals surface area contributed by atoms with E-state index in [9.17, 15) is 4.79 Å². The Morgan fingerprint density at radius 2 is 2.00 bits per heavy atom. The molecule has 138 valence electrons. The molecule has 0 bridgehead atoms. The molecule has 27 heavy (non-hydrogen) atoms. The molecule has 0 aliphatic carbocycles. The zero-order valence-electron chi connectivity index (χ0n) is 15.1. The van der Waals surface area contributed by atoms with Gasteiger partial charge in [0.2, 0.25) is 5.91 Å². The van der Waals surface area contributed by atoms with Crippen molar-refractivity contribution in [2.75, 3.05) is 5.75 Å². The van der Waals surface area contributed by atoms with Crippen molar-refractivity contribution in [3.8, 4) is 11.5 Å². The van der Waals surface area contributed by atoms with Gasteiger partial charge in [-0.15, -0.1) is 16.8 Å². The summed E-state index contributed by atoms with van der Waals surface area (Å²) in [6, 6.07) is 15.5. The Bertz CT molecular complexity index is 895. The molecule has 1 N–H and O–H groups in total. The van der Waals surface area contributed by atoms with Gasteiger partial charge < -0.3 is 5.32 Å². The van der Waals surface area contributed by atoms with Crippen LogP contribution >= 0.6 is 11.8 Å². The smallest absolute Gasteiger partial charge is 0.230 e. The van der Waals surface area contributed by atoms with E-state index in [0.717, 1.165) is 11.3 Å². The van der Waals surface area contributed by atoms with Crippen LogP contribution < -0.4 is 5.32 Å². The van der Waals surface area contributed by atoms with Crippen LogP contribution in [0.3, 0.4) is 0 Å². The molecule has 0 aliphatic rings. The molecule has 3 aromatic rings. The molecule has 0 spiro atoms. The van der Waals surface area contributed by atoms with E-state index in [4.69, 9.17) is 0 Å². The number of pyridine rings is 1. The molecule has 1 atom stereocenters. The highest BCUT2D eigenvalue weighted by atomic mass is 32.2. The third kappa shape index (κ3) is 4.83. The van der Waals surface area contributed by atoms with Gasteiger partial charge in [-0.3, -0.25) is 14.3 Å². The Kier molecular flexibility index (Phi) is 6.38. The van der Waals surface area contributed by atoms with Gasteiger partial charge in [0.1, 0.15) is 5.69 Å². The molecular weight excluding hydrogens is 358 g/mol. The second kappa shape index (κ2) is 9.14. The number of thioether (sulfide) groups is 1. The van der Waals surface area contributed by atoms with Crippen LogP contribution in [0.15, 0.2) is 72.5 Å². The summed E-state index contributed by atoms with van der Waals surface area (Å²) in [5.41, 5.74) is 1.81. The zero-order valence-corrected chi connectivity index (χ0v) is 15.9. The number of hydrogen-bond donors (Lipinski definition) is 1. The number of benzene rings is 1. The van der Waals surface area contributed by atoms with Crippen molar-refractivity contribution in [2.24, 2.45) is 0 Å². The summed E-state index contributed by atoms with van der Waals surface area (Å²) in [7, 11) is 0. The number of aromatic nitrogens is 4. The van der Waals surface area contributed by atoms with Crippen molar-refractivity contribution < 1.29 is 4.79 Å². The summed E-state index contributed by atoms with van der Waals surface area (Å²) in [5.74, 6) is 0.870. The highest BCUT2D eigenvalue weighted by Crippen LogP contribution is 2.23. The van der Waals surface area contributed by atoms with Crippen molar-refractivity contribution in [2.45, 2.75) is 24.7 Å². The van der Waals surface area contributed by atoms with Crippen LogP contribution in [-0.2, 0) is 11.3 Å². The second-order valence-corrected chi connectivity index (χ2v) is 6.85. The molecule has 1 amide bonds. The molecule has 2 heterocycles. The Hall–Kier alpha value is -2.93. The van der Waals surface area contributed by atoms with Gasteiger partial charge in [0.05, 0.1) is 11.8 Å². The number of carbonyl (C=O) groups excluding carboxylic acids is 1. The molecule has 0 aliphatic heterocycles. The Morgan fingerprint density at radius 3 is 2.70 bits per heavy atom. The van der Waals surface area contributed by atoms with E-state index in [-0.39, 0.29) is 17.7 Å². The number of nitrogens with one attached hydrogen (secondary N) is 1. The predicted molar refractivity (Wildman–Crippen MR) is 107 cm³/mol. The first-order valence-corrected chi connectivity index (χ1v) is 9.60. The van der Waals surface area contributed by atoms with Gasteiger partial charge in [-0.1, -0.05) is 54.2 Å². The predicted octanol–water partition coefficient (Wildman–Crippen LogP) is 3.50. The average molecular weight is 379 g/mol. The van der Waals surface area contributed by atoms with Gasteiger partial charge in [0.25, 0.3) is 0 Å². The van der Waals surface area contributed by atoms with Crippen molar-refractivity contribution in [1.82, 2.24) is 25.1 Å². The maximum absolute atomic E-state index is 12.3. The summed E-state index contributed by atoms with van der Waals surface area (Å²) in [4.78, 5) is 16.7. The van der Waals surface area contributed by atoms with Gasteiger partial charge in [-0.05, 0) is 24.6 Å². The fourth-order valence-electron chi connectivity index (χ4n) is 2.61. The van der Waals surface area contributed by atoms with Crippen LogP contribution in [0.1, 0.15) is 18.5 Å². The number of hydrogen-bond acceptors (Lipinski definition) is 5. The monoisotopic (exact) mass is 379 g/mol. The van der Waals surface area contributed by atoms with Crippen LogP contribution in [-0.4, -0.2) is 31.4 Å². The van der Waals surface area contributed by atoms with Crippen LogP contribution in [0.4, 0.5) is 0 Å². The van der Waals surface area contributed by atoms with Gasteiger partial charge >= 0.3 is 0 Å². The number of nitrogens with zero attached hydrogens (tertiary/aromatic N) is 4. The van der Waals surface area contributed by atoms with Crippen molar-refractivity contribution >= 4 is 17.7 Å². The molecule has 2 aromatic heterocycles. The largest absolute Gasteiger partial charge is 0.349 e. The van der Waals surface area contributed by atoms with E-state index < -0.39 is 0 Å². The second-order valence-electron chi connectivity index (χ2n) is 5.91. The van der Waals surface area contributed by atoms with Gasteiger partial charge in [0.15, 0.2) is 11.0 Å². The molecule has 0 fully saturated rings. The first kappa shape index (κ1) is 18.8. The topological polar surface area (TPSA) is 72.7 Å². The lowest BCUT2D eigenvalue weighted by atomic mass is 10.1. The molecular formula is C20H21N5OS. The molecule has 0 saturated heterocycles. The van der Waals surface area contributed by atoms with Crippen molar-refractivity contribution in [3.05, 3.63) is 72.9 Å². The first-order valence-electron chi connectivity index (χ1n) is 8.61. The normalized spacial score (nSPS) is 11.7. The Morgan fingerprint density at radius 1 is 1.22 bits per heavy atom. The van der Waals surface area contributed by atoms with Crippen LogP contribution in [0, 0.1) is 0 Å². The number of allylic oxidation sites excluding steroid dienone is 1. The zero-order chi connectivity index (χ0) is 19.1. The first-order chi connectivity index (χ1) is 13.2. The van der Waals surface area contributed by atoms with Crippen LogP contribution in [0.5, 0.6) is 0 Å². The molecule has 6 nitrogen and oxygen atoms in total. The Labute approximate surface area is 162 Å². The summed E-state index contributed by atoms with van der Waals surface area (Å²) < 4.78 is 1.91. The van der Waals surface area contributed by atoms with Gasteiger partial charge in [-0.25, -0.2) is 0 Å². The molecule has 7 heteroatoms. The lowest BCUT2D eigenvalue weighted by Gasteiger charge is -2.14. The SMILES string of the molecule is C=CCn1c(SCC(=O)N[C@@H](C)c2ccccc2)nnc1-c1ccccn1. The lowest BCUT2D eigenvalue weighted by molar-refractivity contribution is -0.119. The molecule has 3 rings (SSSR count). The minimum atomic E-state index is -0.0520. The van der Waals surface area contributed by atoms with E-state index in [2.05, 4.69) is 27.1 Å². The van der Waals surface area contributed by atoms with E-state index in [0.29, 0.717) is 17.5 Å². The Balaban J connectivity index is 1.66. The minimum absolute atomic E-state index is 0.0468. The molecule has 0 radical (unpaired) electrons. The molecule has 0 unspecified atom stereocenters. The van der Waals surface area contributed by atoms with Crippen molar-refractivity contribution in [1.29, 1.82) is 0 Å². The van der Waals surface area contributed by atoms with E-state index in [1.54, 1.807) is 12.3 Å². The van der Waals surface area contributed by atoms with Crippen molar-refractivity contribution in [3.63, 3.8) is 0 Å². The highest BCUT2D eigenvalue weighted by molar-refractivity contribution is 7.99. The maximum atomic E-state index is 12.3. The molecule has 0 saturated carbocycles. The summed E-state index contributed by atoms with van der Waals surface area (Å²) in [6.07, 6.45) is 3.49. The number of carbonyl (C=O) groups is 1. The lowest BCUT2D eigenvalue weighted by Crippen LogP contribution is -2.28. The third-order valence-corrected chi connectivity index (χ3v) is 4.90. The fourth-order valence-corrected chi connectivity index (χ4v) is 3.37. The average Bonchev–Trinajstić information content (AvgIpc) is 3.10. The third-order valence-electron chi connectivity index (χ3n) is 3.93. The fraction of sp³-hybridized carbons (Fsp3) is 0.200. The summed E-state index contributed by atoms with van der Waals surface area (Å²) in [5, 5.41) is 12.1. The molecule has 1 aromatic carbocycles. The highest BCUT2D eigenvalue weighted by Gasteiger charge is 2.16. The standard InChI is InChI=1S/C20H21N5OS/c1-3-13-25-19(17-11-7-8-12-21-17)23-24-20(25)27-14-18(26)22-15(2)16-9-5-4-6-10-16/h3-12,15H,1,13-14H2,2H3,(H,22,26)/t15-/m0/s1. The van der Waals surface area contributed by atoms with Crippen LogP contribution in [0.2, 0.25) is 0 Å². The van der Waals surface area contributed by atoms with Gasteiger partial charge in [-0.2, -0.15) is 0 Å². The summed E-state index contributed by atoms with van der Waals surface area (Å²) in [6.45, 7) is 6.31. The summed E-state index contributed by atoms with van der Waals surface area (Å²) >= 11 is 1.35. The minimum Gasteiger partial charge on any atom is -0.349 e. The van der Waals surface area contributed by atoms with Gasteiger partial charge in [0, 0.05) is 12.7 Å². The number of amides is 1.